The number of rotatable bonds is 7. The van der Waals surface area contributed by atoms with Gasteiger partial charge in [0, 0.05) is 25.0 Å². The monoisotopic (exact) mass is 382 g/mol. The summed E-state index contributed by atoms with van der Waals surface area (Å²) in [5, 5.41) is 10.3. The van der Waals surface area contributed by atoms with Gasteiger partial charge in [-0.15, -0.1) is 0 Å². The van der Waals surface area contributed by atoms with Gasteiger partial charge >= 0.3 is 0 Å². The number of benzene rings is 2. The minimum absolute atomic E-state index is 0.369. The fraction of sp³-hybridized carbons (Fsp3) is 0.200. The molecule has 2 aromatic carbocycles. The maximum Gasteiger partial charge on any atom is 0.252 e. The smallest absolute Gasteiger partial charge is 0.252 e. The van der Waals surface area contributed by atoms with E-state index in [2.05, 4.69) is 21.3 Å². The van der Waals surface area contributed by atoms with Crippen LogP contribution in [0.2, 0.25) is 0 Å². The highest BCUT2D eigenvalue weighted by Crippen LogP contribution is 2.02. The second-order valence-corrected chi connectivity index (χ2v) is 6.04. The molecule has 0 radical (unpaired) electrons. The molecule has 8 nitrogen and oxygen atoms in total. The Balaban J connectivity index is 2.23. The Morgan fingerprint density at radius 2 is 0.893 bits per heavy atom. The van der Waals surface area contributed by atoms with Gasteiger partial charge in [0.2, 0.25) is 11.8 Å². The van der Waals surface area contributed by atoms with Gasteiger partial charge in [0.1, 0.15) is 12.3 Å². The van der Waals surface area contributed by atoms with E-state index in [0.717, 1.165) is 0 Å². The zero-order valence-corrected chi connectivity index (χ0v) is 15.6. The molecular formula is C20H22N4O4. The van der Waals surface area contributed by atoms with Gasteiger partial charge in [0.05, 0.1) is 0 Å². The van der Waals surface area contributed by atoms with Crippen LogP contribution in [-0.4, -0.2) is 36.0 Å². The van der Waals surface area contributed by atoms with E-state index in [9.17, 15) is 19.2 Å². The van der Waals surface area contributed by atoms with Crippen molar-refractivity contribution in [2.45, 2.75) is 26.2 Å². The third-order valence-corrected chi connectivity index (χ3v) is 3.70. The minimum atomic E-state index is -1.07. The van der Waals surface area contributed by atoms with E-state index < -0.39 is 36.0 Å². The molecule has 0 bridgehead atoms. The second-order valence-electron chi connectivity index (χ2n) is 6.04. The van der Waals surface area contributed by atoms with Crippen LogP contribution in [-0.2, 0) is 9.59 Å². The highest BCUT2D eigenvalue weighted by Gasteiger charge is 2.27. The molecule has 0 spiro atoms. The van der Waals surface area contributed by atoms with Crippen LogP contribution in [0, 0.1) is 0 Å². The highest BCUT2D eigenvalue weighted by atomic mass is 16.2. The molecule has 0 heterocycles. The number of amides is 4. The SMILES string of the molecule is CC(=O)NC(NC(=O)c1ccccc1)C(NC(C)=O)NC(=O)c1ccccc1. The molecule has 0 aliphatic rings. The summed E-state index contributed by atoms with van der Waals surface area (Å²) < 4.78 is 0. The predicted molar refractivity (Wildman–Crippen MR) is 103 cm³/mol. The first-order valence-corrected chi connectivity index (χ1v) is 8.63. The lowest BCUT2D eigenvalue weighted by molar-refractivity contribution is -0.122. The molecule has 0 saturated heterocycles. The quantitative estimate of drug-likeness (QED) is 0.529. The fourth-order valence-electron chi connectivity index (χ4n) is 2.47. The normalized spacial score (nSPS) is 12.2. The van der Waals surface area contributed by atoms with Gasteiger partial charge in [-0.1, -0.05) is 36.4 Å². The van der Waals surface area contributed by atoms with Gasteiger partial charge in [-0.25, -0.2) is 0 Å². The summed E-state index contributed by atoms with van der Waals surface area (Å²) in [4.78, 5) is 48.3. The van der Waals surface area contributed by atoms with Crippen molar-refractivity contribution in [3.8, 4) is 0 Å². The maximum atomic E-state index is 12.5. The van der Waals surface area contributed by atoms with E-state index in [4.69, 9.17) is 0 Å². The van der Waals surface area contributed by atoms with Crippen LogP contribution in [0.25, 0.3) is 0 Å². The van der Waals surface area contributed by atoms with Crippen LogP contribution in [0.1, 0.15) is 34.6 Å². The first kappa shape index (κ1) is 20.6. The molecule has 2 aromatic rings. The average Bonchev–Trinajstić information content (AvgIpc) is 2.67. The van der Waals surface area contributed by atoms with Gasteiger partial charge in [-0.2, -0.15) is 0 Å². The summed E-state index contributed by atoms with van der Waals surface area (Å²) >= 11 is 0. The van der Waals surface area contributed by atoms with E-state index in [-0.39, 0.29) is 0 Å². The first-order valence-electron chi connectivity index (χ1n) is 8.63. The Bertz CT molecular complexity index is 768. The Morgan fingerprint density at radius 3 is 1.18 bits per heavy atom. The zero-order chi connectivity index (χ0) is 20.5. The van der Waals surface area contributed by atoms with Gasteiger partial charge in [0.15, 0.2) is 0 Å². The molecular weight excluding hydrogens is 360 g/mol. The number of carbonyl (C=O) groups is 4. The van der Waals surface area contributed by atoms with Gasteiger partial charge in [-0.05, 0) is 24.3 Å². The lowest BCUT2D eigenvalue weighted by Gasteiger charge is -2.29. The van der Waals surface area contributed by atoms with Crippen molar-refractivity contribution in [2.24, 2.45) is 0 Å². The van der Waals surface area contributed by atoms with Crippen molar-refractivity contribution in [3.05, 3.63) is 71.8 Å². The summed E-state index contributed by atoms with van der Waals surface area (Å²) in [6.07, 6.45) is -2.14. The second kappa shape index (κ2) is 9.86. The molecule has 146 valence electrons. The van der Waals surface area contributed by atoms with Crippen LogP contribution in [0.15, 0.2) is 60.7 Å². The van der Waals surface area contributed by atoms with Crippen LogP contribution in [0.3, 0.4) is 0 Å². The highest BCUT2D eigenvalue weighted by molar-refractivity contribution is 5.96. The molecule has 2 rings (SSSR count). The maximum absolute atomic E-state index is 12.5. The molecule has 0 aliphatic heterocycles. The molecule has 8 heteroatoms. The number of nitrogens with one attached hydrogen (secondary N) is 4. The molecule has 2 unspecified atom stereocenters. The topological polar surface area (TPSA) is 116 Å². The summed E-state index contributed by atoms with van der Waals surface area (Å²) in [6, 6.07) is 16.8. The third-order valence-electron chi connectivity index (χ3n) is 3.70. The van der Waals surface area contributed by atoms with Crippen LogP contribution >= 0.6 is 0 Å². The largest absolute Gasteiger partial charge is 0.333 e. The zero-order valence-electron chi connectivity index (χ0n) is 15.6. The molecule has 28 heavy (non-hydrogen) atoms. The predicted octanol–water partition coefficient (Wildman–Crippen LogP) is 0.771. The van der Waals surface area contributed by atoms with Gasteiger partial charge < -0.3 is 21.3 Å². The molecule has 0 aliphatic carbocycles. The van der Waals surface area contributed by atoms with Crippen molar-refractivity contribution in [1.82, 2.24) is 21.3 Å². The standard InChI is InChI=1S/C20H22N4O4/c1-13(25)21-17(23-19(27)15-9-5-3-6-10-15)18(22-14(2)26)24-20(28)16-11-7-4-8-12-16/h3-12,17-18H,1-2H3,(H,21,25)(H,22,26)(H,23,27)(H,24,28). The minimum Gasteiger partial charge on any atom is -0.333 e. The van der Waals surface area contributed by atoms with Crippen LogP contribution in [0.4, 0.5) is 0 Å². The first-order chi connectivity index (χ1) is 13.4. The lowest BCUT2D eigenvalue weighted by Crippen LogP contribution is -2.65. The summed E-state index contributed by atoms with van der Waals surface area (Å²) in [6.45, 7) is 2.54. The van der Waals surface area contributed by atoms with E-state index in [1.807, 2.05) is 0 Å². The van der Waals surface area contributed by atoms with Crippen molar-refractivity contribution in [2.75, 3.05) is 0 Å². The Labute approximate surface area is 162 Å². The van der Waals surface area contributed by atoms with E-state index in [0.29, 0.717) is 11.1 Å². The molecule has 0 aromatic heterocycles. The van der Waals surface area contributed by atoms with Crippen LogP contribution in [0.5, 0.6) is 0 Å². The molecule has 0 saturated carbocycles. The van der Waals surface area contributed by atoms with Crippen molar-refractivity contribution >= 4 is 23.6 Å². The average molecular weight is 382 g/mol. The van der Waals surface area contributed by atoms with Crippen LogP contribution < -0.4 is 21.3 Å². The van der Waals surface area contributed by atoms with Gasteiger partial charge in [-0.3, -0.25) is 19.2 Å². The van der Waals surface area contributed by atoms with Gasteiger partial charge in [0.25, 0.3) is 11.8 Å². The summed E-state index contributed by atoms with van der Waals surface area (Å²) in [5.74, 6) is -1.82. The molecule has 4 amide bonds. The Kier molecular flexibility index (Phi) is 7.27. The number of carbonyl (C=O) groups excluding carboxylic acids is 4. The third kappa shape index (κ3) is 6.24. The van der Waals surface area contributed by atoms with Crippen molar-refractivity contribution in [3.63, 3.8) is 0 Å². The Hall–Kier alpha value is -3.68. The fourth-order valence-corrected chi connectivity index (χ4v) is 2.47. The van der Waals surface area contributed by atoms with Crippen molar-refractivity contribution in [1.29, 1.82) is 0 Å². The number of hydrogen-bond acceptors (Lipinski definition) is 4. The van der Waals surface area contributed by atoms with E-state index in [1.165, 1.54) is 13.8 Å². The van der Waals surface area contributed by atoms with Crippen molar-refractivity contribution < 1.29 is 19.2 Å². The van der Waals surface area contributed by atoms with E-state index >= 15 is 0 Å². The summed E-state index contributed by atoms with van der Waals surface area (Å²) in [5.41, 5.74) is 0.739. The molecule has 2 atom stereocenters. The number of hydrogen-bond donors (Lipinski definition) is 4. The summed E-state index contributed by atoms with van der Waals surface area (Å²) in [7, 11) is 0. The molecule has 4 N–H and O–H groups in total. The molecule has 0 fully saturated rings. The Morgan fingerprint density at radius 1 is 0.571 bits per heavy atom. The lowest BCUT2D eigenvalue weighted by atomic mass is 10.2. The van der Waals surface area contributed by atoms with E-state index in [1.54, 1.807) is 60.7 Å².